The third-order valence-electron chi connectivity index (χ3n) is 2.82. The summed E-state index contributed by atoms with van der Waals surface area (Å²) < 4.78 is 0. The van der Waals surface area contributed by atoms with E-state index in [-0.39, 0.29) is 0 Å². The van der Waals surface area contributed by atoms with Crippen LogP contribution in [0.1, 0.15) is 12.8 Å². The molecule has 1 heterocycles. The zero-order valence-electron chi connectivity index (χ0n) is 9.03. The summed E-state index contributed by atoms with van der Waals surface area (Å²) in [6.07, 6.45) is 2.68. The standard InChI is InChI=1S/C12H18N2/c1-13(2)11-6-5-7-12(10-11)14-8-3-4-9-14/h5-7,10H,3-4,8-9H2,1-2H3. The van der Waals surface area contributed by atoms with Gasteiger partial charge in [-0.3, -0.25) is 0 Å². The van der Waals surface area contributed by atoms with E-state index < -0.39 is 0 Å². The van der Waals surface area contributed by atoms with Crippen LogP contribution in [0.3, 0.4) is 0 Å². The van der Waals surface area contributed by atoms with Crippen LogP contribution in [0.4, 0.5) is 11.4 Å². The van der Waals surface area contributed by atoms with E-state index in [1.165, 1.54) is 37.3 Å². The van der Waals surface area contributed by atoms with Crippen LogP contribution in [0.2, 0.25) is 0 Å². The molecule has 2 nitrogen and oxygen atoms in total. The predicted molar refractivity (Wildman–Crippen MR) is 62.2 cm³/mol. The van der Waals surface area contributed by atoms with E-state index >= 15 is 0 Å². The monoisotopic (exact) mass is 190 g/mol. The first kappa shape index (κ1) is 9.38. The number of hydrogen-bond acceptors (Lipinski definition) is 2. The lowest BCUT2D eigenvalue weighted by Crippen LogP contribution is -2.18. The van der Waals surface area contributed by atoms with Crippen molar-refractivity contribution in [3.05, 3.63) is 24.3 Å². The van der Waals surface area contributed by atoms with Gasteiger partial charge in [-0.15, -0.1) is 0 Å². The first-order valence-electron chi connectivity index (χ1n) is 5.30. The third-order valence-corrected chi connectivity index (χ3v) is 2.82. The van der Waals surface area contributed by atoms with Crippen molar-refractivity contribution in [3.8, 4) is 0 Å². The lowest BCUT2D eigenvalue weighted by molar-refractivity contribution is 0.949. The molecule has 0 aliphatic carbocycles. The molecule has 1 aliphatic heterocycles. The highest BCUT2D eigenvalue weighted by Gasteiger charge is 2.12. The van der Waals surface area contributed by atoms with Crippen LogP contribution in [0.15, 0.2) is 24.3 Å². The number of anilines is 2. The minimum atomic E-state index is 1.22. The van der Waals surface area contributed by atoms with E-state index in [1.807, 2.05) is 0 Å². The molecule has 0 aromatic heterocycles. The van der Waals surface area contributed by atoms with Crippen LogP contribution in [-0.4, -0.2) is 27.2 Å². The molecule has 2 heteroatoms. The van der Waals surface area contributed by atoms with Gasteiger partial charge in [0.25, 0.3) is 0 Å². The molecule has 76 valence electrons. The minimum Gasteiger partial charge on any atom is -0.378 e. The van der Waals surface area contributed by atoms with E-state index in [2.05, 4.69) is 48.2 Å². The lowest BCUT2D eigenvalue weighted by atomic mass is 10.2. The molecular formula is C12H18N2. The zero-order chi connectivity index (χ0) is 9.97. The highest BCUT2D eigenvalue weighted by molar-refractivity contribution is 5.59. The van der Waals surface area contributed by atoms with Crippen molar-refractivity contribution in [2.24, 2.45) is 0 Å². The van der Waals surface area contributed by atoms with Gasteiger partial charge >= 0.3 is 0 Å². The molecule has 0 amide bonds. The normalized spacial score (nSPS) is 16.0. The molecule has 1 aromatic rings. The van der Waals surface area contributed by atoms with Gasteiger partial charge in [-0.05, 0) is 31.0 Å². The molecule has 1 saturated heterocycles. The van der Waals surface area contributed by atoms with Crippen molar-refractivity contribution in [1.82, 2.24) is 0 Å². The Morgan fingerprint density at radius 3 is 2.50 bits per heavy atom. The van der Waals surface area contributed by atoms with Crippen molar-refractivity contribution in [1.29, 1.82) is 0 Å². The van der Waals surface area contributed by atoms with Crippen LogP contribution in [0.5, 0.6) is 0 Å². The lowest BCUT2D eigenvalue weighted by Gasteiger charge is -2.20. The zero-order valence-corrected chi connectivity index (χ0v) is 9.03. The molecule has 0 N–H and O–H groups in total. The maximum atomic E-state index is 2.47. The van der Waals surface area contributed by atoms with Gasteiger partial charge in [0.15, 0.2) is 0 Å². The van der Waals surface area contributed by atoms with Gasteiger partial charge in [-0.2, -0.15) is 0 Å². The van der Waals surface area contributed by atoms with Gasteiger partial charge in [0.05, 0.1) is 0 Å². The molecular weight excluding hydrogens is 172 g/mol. The van der Waals surface area contributed by atoms with Crippen molar-refractivity contribution in [2.75, 3.05) is 37.0 Å². The number of hydrogen-bond donors (Lipinski definition) is 0. The minimum absolute atomic E-state index is 1.22. The van der Waals surface area contributed by atoms with Gasteiger partial charge in [0.2, 0.25) is 0 Å². The highest BCUT2D eigenvalue weighted by Crippen LogP contribution is 2.24. The molecule has 0 spiro atoms. The Morgan fingerprint density at radius 2 is 1.86 bits per heavy atom. The summed E-state index contributed by atoms with van der Waals surface area (Å²) in [6.45, 7) is 2.44. The van der Waals surface area contributed by atoms with E-state index in [0.29, 0.717) is 0 Å². The summed E-state index contributed by atoms with van der Waals surface area (Å²) in [4.78, 5) is 4.62. The molecule has 1 aromatic carbocycles. The van der Waals surface area contributed by atoms with Crippen LogP contribution in [0.25, 0.3) is 0 Å². The smallest absolute Gasteiger partial charge is 0.0386 e. The topological polar surface area (TPSA) is 6.48 Å². The number of benzene rings is 1. The van der Waals surface area contributed by atoms with Gasteiger partial charge < -0.3 is 9.80 Å². The average Bonchev–Trinajstić information content (AvgIpc) is 2.71. The van der Waals surface area contributed by atoms with Crippen molar-refractivity contribution in [2.45, 2.75) is 12.8 Å². The molecule has 0 unspecified atom stereocenters. The second-order valence-corrected chi connectivity index (χ2v) is 4.11. The Kier molecular flexibility index (Phi) is 2.62. The Morgan fingerprint density at radius 1 is 1.14 bits per heavy atom. The second-order valence-electron chi connectivity index (χ2n) is 4.11. The van der Waals surface area contributed by atoms with Crippen LogP contribution < -0.4 is 9.80 Å². The van der Waals surface area contributed by atoms with Gasteiger partial charge in [-0.25, -0.2) is 0 Å². The summed E-state index contributed by atoms with van der Waals surface area (Å²) >= 11 is 0. The largest absolute Gasteiger partial charge is 0.378 e. The molecule has 14 heavy (non-hydrogen) atoms. The summed E-state index contributed by atoms with van der Waals surface area (Å²) in [5.41, 5.74) is 2.66. The van der Waals surface area contributed by atoms with Crippen molar-refractivity contribution < 1.29 is 0 Å². The Balaban J connectivity index is 2.21. The maximum absolute atomic E-state index is 2.47. The maximum Gasteiger partial charge on any atom is 0.0386 e. The highest BCUT2D eigenvalue weighted by atomic mass is 15.1. The van der Waals surface area contributed by atoms with Crippen LogP contribution >= 0.6 is 0 Å². The molecule has 0 saturated carbocycles. The first-order chi connectivity index (χ1) is 6.77. The van der Waals surface area contributed by atoms with E-state index in [9.17, 15) is 0 Å². The first-order valence-corrected chi connectivity index (χ1v) is 5.30. The van der Waals surface area contributed by atoms with Crippen molar-refractivity contribution in [3.63, 3.8) is 0 Å². The summed E-state index contributed by atoms with van der Waals surface area (Å²) in [5, 5.41) is 0. The summed E-state index contributed by atoms with van der Waals surface area (Å²) in [6, 6.07) is 8.77. The number of nitrogens with zero attached hydrogens (tertiary/aromatic N) is 2. The van der Waals surface area contributed by atoms with Crippen molar-refractivity contribution >= 4 is 11.4 Å². The number of rotatable bonds is 2. The van der Waals surface area contributed by atoms with E-state index in [0.717, 1.165) is 0 Å². The third kappa shape index (κ3) is 1.84. The molecule has 2 rings (SSSR count). The fraction of sp³-hybridized carbons (Fsp3) is 0.500. The molecule has 0 radical (unpaired) electrons. The molecule has 1 fully saturated rings. The molecule has 0 bridgehead atoms. The fourth-order valence-electron chi connectivity index (χ4n) is 1.94. The van der Waals surface area contributed by atoms with Gasteiger partial charge in [0.1, 0.15) is 0 Å². The molecule has 0 atom stereocenters. The Bertz CT molecular complexity index is 301. The van der Waals surface area contributed by atoms with Gasteiger partial charge in [0, 0.05) is 38.6 Å². The van der Waals surface area contributed by atoms with Gasteiger partial charge in [-0.1, -0.05) is 6.07 Å². The quantitative estimate of drug-likeness (QED) is 0.706. The summed E-state index contributed by atoms with van der Waals surface area (Å²) in [5.74, 6) is 0. The SMILES string of the molecule is CN(C)c1cccc(N2CCCC2)c1. The predicted octanol–water partition coefficient (Wildman–Crippen LogP) is 2.35. The Hall–Kier alpha value is -1.18. The van der Waals surface area contributed by atoms with Crippen LogP contribution in [0, 0.1) is 0 Å². The Labute approximate surface area is 86.1 Å². The molecule has 1 aliphatic rings. The van der Waals surface area contributed by atoms with E-state index in [4.69, 9.17) is 0 Å². The average molecular weight is 190 g/mol. The fourth-order valence-corrected chi connectivity index (χ4v) is 1.94. The van der Waals surface area contributed by atoms with Crippen LogP contribution in [-0.2, 0) is 0 Å². The summed E-state index contributed by atoms with van der Waals surface area (Å²) in [7, 11) is 4.17. The second kappa shape index (κ2) is 3.91. The van der Waals surface area contributed by atoms with E-state index in [1.54, 1.807) is 0 Å².